The number of carbonyl (C=O) groups excluding carboxylic acids is 1. The van der Waals surface area contributed by atoms with Gasteiger partial charge in [-0.2, -0.15) is 8.42 Å². The lowest BCUT2D eigenvalue weighted by molar-refractivity contribution is 0.115. The number of aryl methyl sites for hydroxylation is 2. The van der Waals surface area contributed by atoms with E-state index in [0.717, 1.165) is 25.7 Å². The third kappa shape index (κ3) is 5.82. The summed E-state index contributed by atoms with van der Waals surface area (Å²) >= 11 is 0. The molecule has 35 heavy (non-hydrogen) atoms. The molecule has 0 saturated heterocycles. The largest absolute Gasteiger partial charge is 0.446 e. The van der Waals surface area contributed by atoms with E-state index in [9.17, 15) is 17.8 Å². The Balaban J connectivity index is 1.53. The second-order valence-electron chi connectivity index (χ2n) is 9.98. The van der Waals surface area contributed by atoms with E-state index in [1.807, 2.05) is 13.8 Å². The molecule has 2 fully saturated rings. The molecule has 11 heteroatoms. The summed E-state index contributed by atoms with van der Waals surface area (Å²) in [4.78, 5) is 16.9. The summed E-state index contributed by atoms with van der Waals surface area (Å²) in [7, 11) is -2.47. The first kappa shape index (κ1) is 25.1. The fourth-order valence-corrected chi connectivity index (χ4v) is 5.93. The van der Waals surface area contributed by atoms with E-state index < -0.39 is 21.6 Å². The van der Waals surface area contributed by atoms with Crippen LogP contribution in [-0.4, -0.2) is 50.9 Å². The van der Waals surface area contributed by atoms with Crippen molar-refractivity contribution in [1.82, 2.24) is 20.0 Å². The van der Waals surface area contributed by atoms with Gasteiger partial charge in [0.25, 0.3) is 10.1 Å². The van der Waals surface area contributed by atoms with Crippen LogP contribution in [0.25, 0.3) is 11.4 Å². The summed E-state index contributed by atoms with van der Waals surface area (Å²) in [5.41, 5.74) is 1.70. The Morgan fingerprint density at radius 2 is 2.06 bits per heavy atom. The quantitative estimate of drug-likeness (QED) is 0.433. The average Bonchev–Trinajstić information content (AvgIpc) is 3.42. The van der Waals surface area contributed by atoms with Gasteiger partial charge in [0.1, 0.15) is 6.10 Å². The summed E-state index contributed by atoms with van der Waals surface area (Å²) in [5.74, 6) is 6.24. The zero-order valence-electron chi connectivity index (χ0n) is 20.5. The summed E-state index contributed by atoms with van der Waals surface area (Å²) < 4.78 is 39.4. The number of carbonyl (C=O) groups is 1. The first-order valence-corrected chi connectivity index (χ1v) is 13.4. The van der Waals surface area contributed by atoms with Crippen LogP contribution >= 0.6 is 0 Å². The molecule has 1 spiro atoms. The molecule has 0 aromatic carbocycles. The van der Waals surface area contributed by atoms with E-state index in [1.54, 1.807) is 26.1 Å². The van der Waals surface area contributed by atoms with Gasteiger partial charge in [-0.1, -0.05) is 30.4 Å². The third-order valence-corrected chi connectivity index (χ3v) is 7.60. The minimum absolute atomic E-state index is 0.211. The number of rotatable bonds is 7. The molecule has 2 aliphatic rings. The molecule has 0 radical (unpaired) electrons. The van der Waals surface area contributed by atoms with Crippen LogP contribution in [-0.2, 0) is 21.9 Å². The maximum absolute atomic E-state index is 12.3. The van der Waals surface area contributed by atoms with Crippen molar-refractivity contribution < 1.29 is 22.5 Å². The van der Waals surface area contributed by atoms with Gasteiger partial charge in [-0.3, -0.25) is 9.87 Å². The van der Waals surface area contributed by atoms with Crippen LogP contribution in [0.5, 0.6) is 0 Å². The predicted octanol–water partition coefficient (Wildman–Crippen LogP) is 3.72. The molecular formula is C24H31N5O5S. The zero-order valence-corrected chi connectivity index (χ0v) is 21.3. The first-order valence-electron chi connectivity index (χ1n) is 11.8. The molecule has 0 unspecified atom stereocenters. The van der Waals surface area contributed by atoms with Gasteiger partial charge in [0.2, 0.25) is 0 Å². The van der Waals surface area contributed by atoms with Crippen molar-refractivity contribution in [2.24, 2.45) is 17.9 Å². The van der Waals surface area contributed by atoms with Crippen LogP contribution < -0.4 is 5.32 Å². The monoisotopic (exact) mass is 501 g/mol. The molecule has 0 aliphatic heterocycles. The Bertz CT molecular complexity index is 1300. The molecule has 2 aromatic rings. The minimum atomic E-state index is -4.13. The summed E-state index contributed by atoms with van der Waals surface area (Å²) in [6.45, 7) is 5.66. The maximum atomic E-state index is 12.3. The van der Waals surface area contributed by atoms with Crippen LogP contribution in [0.4, 0.5) is 10.6 Å². The molecule has 2 aromatic heterocycles. The Morgan fingerprint density at radius 1 is 1.34 bits per heavy atom. The second kappa shape index (κ2) is 9.24. The van der Waals surface area contributed by atoms with Gasteiger partial charge in [-0.25, -0.2) is 14.5 Å². The van der Waals surface area contributed by atoms with Crippen LogP contribution in [0, 0.1) is 29.6 Å². The normalized spacial score (nSPS) is 18.2. The number of aromatic nitrogens is 4. The van der Waals surface area contributed by atoms with Crippen molar-refractivity contribution in [2.75, 3.05) is 11.1 Å². The Hall–Kier alpha value is -2.97. The highest BCUT2D eigenvalue weighted by Gasteiger charge is 2.61. The second-order valence-corrected chi connectivity index (χ2v) is 11.4. The van der Waals surface area contributed by atoms with E-state index >= 15 is 0 Å². The summed E-state index contributed by atoms with van der Waals surface area (Å²) in [5, 5.41) is 10.9. The van der Waals surface area contributed by atoms with Crippen LogP contribution in [0.1, 0.15) is 63.6 Å². The van der Waals surface area contributed by atoms with E-state index in [1.165, 1.54) is 4.68 Å². The van der Waals surface area contributed by atoms with Gasteiger partial charge in [0.05, 0.1) is 17.1 Å². The summed E-state index contributed by atoms with van der Waals surface area (Å²) in [6, 6.07) is 3.52. The number of hydrogen-bond donors (Lipinski definition) is 2. The first-order chi connectivity index (χ1) is 16.4. The highest BCUT2D eigenvalue weighted by molar-refractivity contribution is 7.85. The molecule has 1 amide bonds. The highest BCUT2D eigenvalue weighted by atomic mass is 32.2. The Kier molecular flexibility index (Phi) is 6.64. The molecule has 4 rings (SSSR count). The molecule has 0 bridgehead atoms. The van der Waals surface area contributed by atoms with Gasteiger partial charge >= 0.3 is 6.09 Å². The van der Waals surface area contributed by atoms with Gasteiger partial charge in [-0.05, 0) is 63.5 Å². The number of anilines is 1. The number of nitrogens with one attached hydrogen (secondary N) is 1. The maximum Gasteiger partial charge on any atom is 0.413 e. The molecular weight excluding hydrogens is 470 g/mol. The standard InChI is InChI=1S/C24H31N5O5S/c1-5-6-16(2)34-22(30)26-21-20(27-28-29(21)4)19-8-7-18(17(3)25-19)9-10-24(15-35(31,32)33)13-23(14-24)11-12-23/h7-8,16H,5-6,11-15H2,1-4H3,(H,26,30)(H,31,32,33)/t16-/m1/s1. The topological polar surface area (TPSA) is 136 Å². The van der Waals surface area contributed by atoms with Crippen molar-refractivity contribution in [1.29, 1.82) is 0 Å². The predicted molar refractivity (Wildman–Crippen MR) is 130 cm³/mol. The van der Waals surface area contributed by atoms with Gasteiger partial charge in [0.15, 0.2) is 11.5 Å². The molecule has 2 saturated carbocycles. The molecule has 2 aliphatic carbocycles. The van der Waals surface area contributed by atoms with Gasteiger partial charge in [0, 0.05) is 18.0 Å². The Morgan fingerprint density at radius 3 is 2.66 bits per heavy atom. The van der Waals surface area contributed by atoms with Crippen LogP contribution in [0.15, 0.2) is 12.1 Å². The molecule has 2 N–H and O–H groups in total. The van der Waals surface area contributed by atoms with E-state index in [0.29, 0.717) is 41.3 Å². The highest BCUT2D eigenvalue weighted by Crippen LogP contribution is 2.68. The molecule has 1 atom stereocenters. The number of pyridine rings is 1. The van der Waals surface area contributed by atoms with Crippen molar-refractivity contribution in [3.63, 3.8) is 0 Å². The van der Waals surface area contributed by atoms with Crippen molar-refractivity contribution in [3.05, 3.63) is 23.4 Å². The lowest BCUT2D eigenvalue weighted by atomic mass is 9.61. The molecule has 10 nitrogen and oxygen atoms in total. The zero-order chi connectivity index (χ0) is 25.4. The number of amides is 1. The third-order valence-electron chi connectivity index (χ3n) is 6.68. The minimum Gasteiger partial charge on any atom is -0.446 e. The number of nitrogens with zero attached hydrogens (tertiary/aromatic N) is 4. The van der Waals surface area contributed by atoms with Gasteiger partial charge in [-0.15, -0.1) is 5.10 Å². The summed E-state index contributed by atoms with van der Waals surface area (Å²) in [6.07, 6.45) is 4.45. The smallest absolute Gasteiger partial charge is 0.413 e. The molecule has 188 valence electrons. The van der Waals surface area contributed by atoms with E-state index in [2.05, 4.69) is 32.5 Å². The molecule has 2 heterocycles. The number of ether oxygens (including phenoxy) is 1. The van der Waals surface area contributed by atoms with Crippen LogP contribution in [0.2, 0.25) is 0 Å². The Labute approximate surface area is 205 Å². The lowest BCUT2D eigenvalue weighted by Crippen LogP contribution is -2.42. The number of hydrogen-bond acceptors (Lipinski definition) is 7. The van der Waals surface area contributed by atoms with Crippen molar-refractivity contribution >= 4 is 22.0 Å². The van der Waals surface area contributed by atoms with Gasteiger partial charge < -0.3 is 4.74 Å². The average molecular weight is 502 g/mol. The van der Waals surface area contributed by atoms with E-state index in [4.69, 9.17) is 4.74 Å². The van der Waals surface area contributed by atoms with Crippen molar-refractivity contribution in [2.45, 2.75) is 65.4 Å². The van der Waals surface area contributed by atoms with Crippen LogP contribution in [0.3, 0.4) is 0 Å². The lowest BCUT2D eigenvalue weighted by Gasteiger charge is -2.44. The van der Waals surface area contributed by atoms with Crippen molar-refractivity contribution in [3.8, 4) is 23.2 Å². The SMILES string of the molecule is CCC[C@@H](C)OC(=O)Nc1c(-c2ccc(C#CC3(CS(=O)(=O)O)CC4(CC4)C3)c(C)n2)nnn1C. The fourth-order valence-electron chi connectivity index (χ4n) is 4.96. The fraction of sp³-hybridized carbons (Fsp3) is 0.583. The van der Waals surface area contributed by atoms with E-state index in [-0.39, 0.29) is 17.3 Å².